The average Bonchev–Trinajstić information content (AvgIpc) is 2.41. The summed E-state index contributed by atoms with van der Waals surface area (Å²) < 4.78 is 10.1. The molecule has 5 heteroatoms. The molecule has 1 aliphatic rings. The molecule has 0 aromatic heterocycles. The topological polar surface area (TPSA) is 38.8 Å². The van der Waals surface area contributed by atoms with E-state index in [2.05, 4.69) is 4.90 Å². The van der Waals surface area contributed by atoms with Crippen LogP contribution in [0, 0.1) is 0 Å². The van der Waals surface area contributed by atoms with Gasteiger partial charge in [-0.25, -0.2) is 4.79 Å². The van der Waals surface area contributed by atoms with Gasteiger partial charge in [-0.3, -0.25) is 4.90 Å². The van der Waals surface area contributed by atoms with Gasteiger partial charge in [-0.15, -0.1) is 0 Å². The van der Waals surface area contributed by atoms with Crippen LogP contribution in [-0.4, -0.2) is 43.8 Å². The van der Waals surface area contributed by atoms with Crippen LogP contribution in [0.2, 0.25) is 5.02 Å². The van der Waals surface area contributed by atoms with Gasteiger partial charge in [0.25, 0.3) is 0 Å². The van der Waals surface area contributed by atoms with Crippen LogP contribution in [0.4, 0.5) is 0 Å². The van der Waals surface area contributed by atoms with E-state index in [1.165, 1.54) is 12.7 Å². The molecule has 0 radical (unpaired) electrons. The molecule has 0 spiro atoms. The minimum absolute atomic E-state index is 0.309. The van der Waals surface area contributed by atoms with Gasteiger partial charge in [0.1, 0.15) is 0 Å². The highest BCUT2D eigenvalue weighted by molar-refractivity contribution is 6.30. The van der Waals surface area contributed by atoms with Gasteiger partial charge in [0, 0.05) is 24.7 Å². The summed E-state index contributed by atoms with van der Waals surface area (Å²) in [6.07, 6.45) is -0.476. The lowest BCUT2D eigenvalue weighted by Crippen LogP contribution is -2.46. The molecule has 1 fully saturated rings. The smallest absolute Gasteiger partial charge is 0.336 e. The summed E-state index contributed by atoms with van der Waals surface area (Å²) in [6, 6.07) is 7.72. The summed E-state index contributed by atoms with van der Waals surface area (Å²) in [7, 11) is 1.38. The lowest BCUT2D eigenvalue weighted by Gasteiger charge is -2.31. The van der Waals surface area contributed by atoms with Crippen LogP contribution in [-0.2, 0) is 20.8 Å². The van der Waals surface area contributed by atoms with Crippen LogP contribution in [0.3, 0.4) is 0 Å². The number of benzene rings is 1. The normalized spacial score (nSPS) is 20.7. The number of esters is 1. The Balaban J connectivity index is 1.93. The minimum Gasteiger partial charge on any atom is -0.467 e. The van der Waals surface area contributed by atoms with Gasteiger partial charge in [0.05, 0.1) is 13.7 Å². The minimum atomic E-state index is -0.476. The third kappa shape index (κ3) is 3.45. The van der Waals surface area contributed by atoms with E-state index in [1.807, 2.05) is 24.3 Å². The van der Waals surface area contributed by atoms with Crippen molar-refractivity contribution >= 4 is 17.6 Å². The summed E-state index contributed by atoms with van der Waals surface area (Å²) in [4.78, 5) is 13.6. The number of nitrogens with zero attached hydrogens (tertiary/aromatic N) is 1. The van der Waals surface area contributed by atoms with E-state index < -0.39 is 6.10 Å². The van der Waals surface area contributed by atoms with Crippen molar-refractivity contribution in [2.24, 2.45) is 0 Å². The fraction of sp³-hybridized carbons (Fsp3) is 0.462. The number of rotatable bonds is 3. The number of morpholine rings is 1. The van der Waals surface area contributed by atoms with Crippen molar-refractivity contribution < 1.29 is 14.3 Å². The average molecular weight is 270 g/mol. The lowest BCUT2D eigenvalue weighted by atomic mass is 10.2. The highest BCUT2D eigenvalue weighted by Crippen LogP contribution is 2.14. The molecular formula is C13H16ClNO3. The third-order valence-electron chi connectivity index (χ3n) is 2.93. The van der Waals surface area contributed by atoms with E-state index in [-0.39, 0.29) is 5.97 Å². The zero-order valence-corrected chi connectivity index (χ0v) is 11.0. The number of carbonyl (C=O) groups excluding carboxylic acids is 1. The molecular weight excluding hydrogens is 254 g/mol. The first-order valence-electron chi connectivity index (χ1n) is 5.85. The van der Waals surface area contributed by atoms with Crippen LogP contribution >= 0.6 is 11.6 Å². The molecule has 0 amide bonds. The predicted octanol–water partition coefficient (Wildman–Crippen LogP) is 1.71. The van der Waals surface area contributed by atoms with Gasteiger partial charge in [-0.1, -0.05) is 23.7 Å². The highest BCUT2D eigenvalue weighted by Gasteiger charge is 2.27. The summed E-state index contributed by atoms with van der Waals surface area (Å²) in [5.41, 5.74) is 1.17. The first-order chi connectivity index (χ1) is 8.69. The zero-order valence-electron chi connectivity index (χ0n) is 10.3. The third-order valence-corrected chi connectivity index (χ3v) is 3.19. The monoisotopic (exact) mass is 269 g/mol. The fourth-order valence-electron chi connectivity index (χ4n) is 1.97. The van der Waals surface area contributed by atoms with Crippen molar-refractivity contribution in [3.8, 4) is 0 Å². The second kappa shape index (κ2) is 6.18. The van der Waals surface area contributed by atoms with Crippen LogP contribution in [0.5, 0.6) is 0 Å². The van der Waals surface area contributed by atoms with Crippen molar-refractivity contribution in [2.75, 3.05) is 26.8 Å². The van der Waals surface area contributed by atoms with E-state index in [4.69, 9.17) is 21.1 Å². The maximum Gasteiger partial charge on any atom is 0.336 e. The van der Waals surface area contributed by atoms with E-state index in [0.717, 1.165) is 18.1 Å². The molecule has 0 N–H and O–H groups in total. The fourth-order valence-corrected chi connectivity index (χ4v) is 2.09. The molecule has 1 atom stereocenters. The van der Waals surface area contributed by atoms with Gasteiger partial charge in [0.2, 0.25) is 0 Å². The molecule has 18 heavy (non-hydrogen) atoms. The molecule has 0 saturated carbocycles. The first kappa shape index (κ1) is 13.3. The van der Waals surface area contributed by atoms with Crippen LogP contribution in [0.1, 0.15) is 5.56 Å². The van der Waals surface area contributed by atoms with Crippen LogP contribution in [0.25, 0.3) is 0 Å². The van der Waals surface area contributed by atoms with Crippen molar-refractivity contribution in [3.05, 3.63) is 34.9 Å². The van der Waals surface area contributed by atoms with E-state index in [0.29, 0.717) is 13.2 Å². The second-order valence-corrected chi connectivity index (χ2v) is 4.68. The molecule has 0 bridgehead atoms. The zero-order chi connectivity index (χ0) is 13.0. The molecule has 1 unspecified atom stereocenters. The molecule has 1 saturated heterocycles. The van der Waals surface area contributed by atoms with E-state index in [1.54, 1.807) is 0 Å². The number of carbonyl (C=O) groups is 1. The highest BCUT2D eigenvalue weighted by atomic mass is 35.5. The Morgan fingerprint density at radius 3 is 2.89 bits per heavy atom. The molecule has 4 nitrogen and oxygen atoms in total. The molecule has 1 aromatic rings. The maximum atomic E-state index is 11.4. The number of halogens is 1. The van der Waals surface area contributed by atoms with Crippen molar-refractivity contribution in [2.45, 2.75) is 12.6 Å². The summed E-state index contributed by atoms with van der Waals surface area (Å²) >= 11 is 5.84. The standard InChI is InChI=1S/C13H16ClNO3/c1-17-13(16)12-9-15(6-7-18-12)8-10-2-4-11(14)5-3-10/h2-5,12H,6-9H2,1H3. The molecule has 1 aliphatic heterocycles. The van der Waals surface area contributed by atoms with Crippen LogP contribution in [0.15, 0.2) is 24.3 Å². The van der Waals surface area contributed by atoms with Gasteiger partial charge in [0.15, 0.2) is 6.10 Å². The Bertz CT molecular complexity index is 407. The Morgan fingerprint density at radius 1 is 1.50 bits per heavy atom. The Morgan fingerprint density at radius 2 is 2.22 bits per heavy atom. The van der Waals surface area contributed by atoms with E-state index >= 15 is 0 Å². The summed E-state index contributed by atoms with van der Waals surface area (Å²) in [5, 5.41) is 0.730. The quantitative estimate of drug-likeness (QED) is 0.783. The molecule has 0 aliphatic carbocycles. The van der Waals surface area contributed by atoms with Crippen LogP contribution < -0.4 is 0 Å². The number of ether oxygens (including phenoxy) is 2. The van der Waals surface area contributed by atoms with Crippen molar-refractivity contribution in [1.82, 2.24) is 4.90 Å². The van der Waals surface area contributed by atoms with Gasteiger partial charge < -0.3 is 9.47 Å². The maximum absolute atomic E-state index is 11.4. The first-order valence-corrected chi connectivity index (χ1v) is 6.23. The SMILES string of the molecule is COC(=O)C1CN(Cc2ccc(Cl)cc2)CCO1. The van der Waals surface area contributed by atoms with Gasteiger partial charge in [-0.05, 0) is 17.7 Å². The molecule has 98 valence electrons. The number of hydrogen-bond acceptors (Lipinski definition) is 4. The lowest BCUT2D eigenvalue weighted by molar-refractivity contribution is -0.160. The largest absolute Gasteiger partial charge is 0.467 e. The van der Waals surface area contributed by atoms with Crippen molar-refractivity contribution in [1.29, 1.82) is 0 Å². The Kier molecular flexibility index (Phi) is 4.58. The Labute approximate surface area is 111 Å². The number of methoxy groups -OCH3 is 1. The molecule has 1 heterocycles. The molecule has 1 aromatic carbocycles. The van der Waals surface area contributed by atoms with Crippen molar-refractivity contribution in [3.63, 3.8) is 0 Å². The van der Waals surface area contributed by atoms with E-state index in [9.17, 15) is 4.79 Å². The second-order valence-electron chi connectivity index (χ2n) is 4.24. The van der Waals surface area contributed by atoms with Gasteiger partial charge >= 0.3 is 5.97 Å². The predicted molar refractivity (Wildman–Crippen MR) is 68.5 cm³/mol. The summed E-state index contributed by atoms with van der Waals surface area (Å²) in [6.45, 7) is 2.72. The Hall–Kier alpha value is -1.10. The molecule has 2 rings (SSSR count). The van der Waals surface area contributed by atoms with Gasteiger partial charge in [-0.2, -0.15) is 0 Å². The summed E-state index contributed by atoms with van der Waals surface area (Å²) in [5.74, 6) is -0.309. The number of hydrogen-bond donors (Lipinski definition) is 0.